The van der Waals surface area contributed by atoms with Crippen molar-refractivity contribution in [1.29, 1.82) is 0 Å². The van der Waals surface area contributed by atoms with E-state index >= 15 is 0 Å². The van der Waals surface area contributed by atoms with Crippen LogP contribution in [0.5, 0.6) is 0 Å². The molecule has 14 heavy (non-hydrogen) atoms. The molecule has 0 radical (unpaired) electrons. The van der Waals surface area contributed by atoms with Crippen LogP contribution in [0.25, 0.3) is 0 Å². The van der Waals surface area contributed by atoms with Crippen molar-refractivity contribution in [2.45, 2.75) is 46.1 Å². The quantitative estimate of drug-likeness (QED) is 0.703. The van der Waals surface area contributed by atoms with Crippen molar-refractivity contribution in [3.8, 4) is 0 Å². The predicted octanol–water partition coefficient (Wildman–Crippen LogP) is 1.74. The van der Waals surface area contributed by atoms with Crippen LogP contribution < -0.4 is 0 Å². The van der Waals surface area contributed by atoms with E-state index < -0.39 is 6.10 Å². The highest BCUT2D eigenvalue weighted by Crippen LogP contribution is 2.46. The van der Waals surface area contributed by atoms with Crippen LogP contribution >= 0.6 is 0 Å². The molecular formula is C11H20O3. The van der Waals surface area contributed by atoms with Gasteiger partial charge in [0.05, 0.1) is 19.1 Å². The number of aliphatic hydroxyl groups is 1. The lowest BCUT2D eigenvalue weighted by Gasteiger charge is -2.44. The van der Waals surface area contributed by atoms with E-state index in [2.05, 4.69) is 13.8 Å². The maximum atomic E-state index is 11.1. The average Bonchev–Trinajstić information content (AvgIpc) is 2.00. The SMILES string of the molecule is CCOC(=O)CC(O)C1CC(C)(C)C1. The number of aliphatic hydroxyl groups excluding tert-OH is 1. The summed E-state index contributed by atoms with van der Waals surface area (Å²) >= 11 is 0. The molecule has 0 aromatic carbocycles. The van der Waals surface area contributed by atoms with Gasteiger partial charge in [0.2, 0.25) is 0 Å². The summed E-state index contributed by atoms with van der Waals surface area (Å²) < 4.78 is 4.78. The third kappa shape index (κ3) is 2.98. The van der Waals surface area contributed by atoms with Gasteiger partial charge in [0.1, 0.15) is 0 Å². The van der Waals surface area contributed by atoms with Crippen LogP contribution in [0.1, 0.15) is 40.0 Å². The summed E-state index contributed by atoms with van der Waals surface area (Å²) in [5, 5.41) is 9.70. The van der Waals surface area contributed by atoms with Crippen molar-refractivity contribution in [3.05, 3.63) is 0 Å². The molecule has 0 amide bonds. The van der Waals surface area contributed by atoms with Crippen LogP contribution in [-0.4, -0.2) is 23.8 Å². The second kappa shape index (κ2) is 4.30. The number of rotatable bonds is 4. The molecule has 1 N–H and O–H groups in total. The van der Waals surface area contributed by atoms with Crippen LogP contribution in [0.4, 0.5) is 0 Å². The molecule has 1 rings (SSSR count). The van der Waals surface area contributed by atoms with E-state index in [1.54, 1.807) is 6.92 Å². The second-order valence-electron chi connectivity index (χ2n) is 4.91. The summed E-state index contributed by atoms with van der Waals surface area (Å²) in [6, 6.07) is 0. The van der Waals surface area contributed by atoms with Crippen molar-refractivity contribution < 1.29 is 14.6 Å². The number of carbonyl (C=O) groups is 1. The van der Waals surface area contributed by atoms with Gasteiger partial charge in [0.15, 0.2) is 0 Å². The third-order valence-electron chi connectivity index (χ3n) is 2.85. The lowest BCUT2D eigenvalue weighted by Crippen LogP contribution is -2.40. The maximum absolute atomic E-state index is 11.1. The molecule has 1 fully saturated rings. The minimum atomic E-state index is -0.512. The van der Waals surface area contributed by atoms with Gasteiger partial charge in [0, 0.05) is 0 Å². The van der Waals surface area contributed by atoms with Gasteiger partial charge in [0.25, 0.3) is 0 Å². The standard InChI is InChI=1S/C11H20O3/c1-4-14-10(13)5-9(12)8-6-11(2,3)7-8/h8-9,12H,4-7H2,1-3H3. The molecule has 3 heteroatoms. The number of hydrogen-bond donors (Lipinski definition) is 1. The molecule has 82 valence electrons. The highest BCUT2D eigenvalue weighted by atomic mass is 16.5. The number of carbonyl (C=O) groups excluding carboxylic acids is 1. The van der Waals surface area contributed by atoms with E-state index in [9.17, 15) is 9.90 Å². The van der Waals surface area contributed by atoms with Gasteiger partial charge in [-0.25, -0.2) is 0 Å². The van der Waals surface area contributed by atoms with E-state index in [1.807, 2.05) is 0 Å². The molecule has 1 aliphatic carbocycles. The summed E-state index contributed by atoms with van der Waals surface area (Å²) in [5.41, 5.74) is 0.348. The second-order valence-corrected chi connectivity index (χ2v) is 4.91. The molecule has 0 aliphatic heterocycles. The lowest BCUT2D eigenvalue weighted by molar-refractivity contribution is -0.147. The normalized spacial score (nSPS) is 22.6. The summed E-state index contributed by atoms with van der Waals surface area (Å²) in [7, 11) is 0. The summed E-state index contributed by atoms with van der Waals surface area (Å²) in [6.07, 6.45) is 1.65. The van der Waals surface area contributed by atoms with Gasteiger partial charge in [-0.2, -0.15) is 0 Å². The van der Waals surface area contributed by atoms with Crippen molar-refractivity contribution >= 4 is 5.97 Å². The fraction of sp³-hybridized carbons (Fsp3) is 0.909. The van der Waals surface area contributed by atoms with E-state index in [1.165, 1.54) is 0 Å². The molecule has 3 nitrogen and oxygen atoms in total. The Bertz CT molecular complexity index is 203. The number of hydrogen-bond acceptors (Lipinski definition) is 3. The Hall–Kier alpha value is -0.570. The summed E-state index contributed by atoms with van der Waals surface area (Å²) in [6.45, 7) is 6.53. The smallest absolute Gasteiger partial charge is 0.308 e. The van der Waals surface area contributed by atoms with Crippen LogP contribution in [0.3, 0.4) is 0 Å². The van der Waals surface area contributed by atoms with Crippen LogP contribution in [-0.2, 0) is 9.53 Å². The van der Waals surface area contributed by atoms with Crippen LogP contribution in [0.2, 0.25) is 0 Å². The van der Waals surface area contributed by atoms with Crippen LogP contribution in [0, 0.1) is 11.3 Å². The summed E-state index contributed by atoms with van der Waals surface area (Å²) in [5.74, 6) is -0.000822. The zero-order valence-corrected chi connectivity index (χ0v) is 9.25. The van der Waals surface area contributed by atoms with Gasteiger partial charge in [-0.05, 0) is 31.1 Å². The number of ether oxygens (including phenoxy) is 1. The molecule has 1 atom stereocenters. The Labute approximate surface area is 85.5 Å². The van der Waals surface area contributed by atoms with E-state index in [-0.39, 0.29) is 18.3 Å². The van der Waals surface area contributed by atoms with Gasteiger partial charge < -0.3 is 9.84 Å². The molecule has 0 bridgehead atoms. The van der Waals surface area contributed by atoms with Crippen LogP contribution in [0.15, 0.2) is 0 Å². The van der Waals surface area contributed by atoms with E-state index in [0.717, 1.165) is 12.8 Å². The van der Waals surface area contributed by atoms with Crippen molar-refractivity contribution in [3.63, 3.8) is 0 Å². The number of esters is 1. The molecule has 0 aromatic heterocycles. The first kappa shape index (κ1) is 11.5. The fourth-order valence-corrected chi connectivity index (χ4v) is 2.19. The zero-order chi connectivity index (χ0) is 10.8. The third-order valence-corrected chi connectivity index (χ3v) is 2.85. The molecule has 1 aliphatic rings. The summed E-state index contributed by atoms with van der Waals surface area (Å²) in [4.78, 5) is 11.1. The van der Waals surface area contributed by atoms with E-state index in [4.69, 9.17) is 4.74 Å². The molecule has 0 heterocycles. The Morgan fingerprint density at radius 1 is 1.57 bits per heavy atom. The van der Waals surface area contributed by atoms with Crippen molar-refractivity contribution in [1.82, 2.24) is 0 Å². The topological polar surface area (TPSA) is 46.5 Å². The average molecular weight is 200 g/mol. The van der Waals surface area contributed by atoms with Gasteiger partial charge in [-0.1, -0.05) is 13.8 Å². The van der Waals surface area contributed by atoms with E-state index in [0.29, 0.717) is 12.0 Å². The lowest BCUT2D eigenvalue weighted by atomic mass is 9.62. The highest BCUT2D eigenvalue weighted by molar-refractivity contribution is 5.69. The Morgan fingerprint density at radius 2 is 2.14 bits per heavy atom. The Balaban J connectivity index is 2.23. The molecule has 1 unspecified atom stereocenters. The molecular weight excluding hydrogens is 180 g/mol. The highest BCUT2D eigenvalue weighted by Gasteiger charge is 2.40. The zero-order valence-electron chi connectivity index (χ0n) is 9.25. The Morgan fingerprint density at radius 3 is 2.57 bits per heavy atom. The van der Waals surface area contributed by atoms with Gasteiger partial charge in [-0.15, -0.1) is 0 Å². The largest absolute Gasteiger partial charge is 0.466 e. The van der Waals surface area contributed by atoms with Gasteiger partial charge in [-0.3, -0.25) is 4.79 Å². The predicted molar refractivity (Wildman–Crippen MR) is 53.8 cm³/mol. The first-order valence-electron chi connectivity index (χ1n) is 5.28. The Kier molecular flexibility index (Phi) is 3.53. The minimum Gasteiger partial charge on any atom is -0.466 e. The van der Waals surface area contributed by atoms with Gasteiger partial charge >= 0.3 is 5.97 Å². The molecule has 0 aromatic rings. The first-order chi connectivity index (χ1) is 6.44. The molecule has 0 saturated heterocycles. The monoisotopic (exact) mass is 200 g/mol. The molecule has 1 saturated carbocycles. The van der Waals surface area contributed by atoms with Crippen molar-refractivity contribution in [2.75, 3.05) is 6.61 Å². The van der Waals surface area contributed by atoms with Crippen molar-refractivity contribution in [2.24, 2.45) is 11.3 Å². The maximum Gasteiger partial charge on any atom is 0.308 e. The minimum absolute atomic E-state index is 0.147. The molecule has 0 spiro atoms. The first-order valence-corrected chi connectivity index (χ1v) is 5.28. The fourth-order valence-electron chi connectivity index (χ4n) is 2.19.